The maximum atomic E-state index is 9.41. The van der Waals surface area contributed by atoms with Crippen molar-refractivity contribution in [3.05, 3.63) is 24.3 Å². The van der Waals surface area contributed by atoms with Crippen LogP contribution >= 0.6 is 0 Å². The van der Waals surface area contributed by atoms with Crippen molar-refractivity contribution in [2.24, 2.45) is 5.41 Å². The molecule has 0 radical (unpaired) electrons. The highest BCUT2D eigenvalue weighted by Crippen LogP contribution is 2.32. The molecule has 3 rings (SSSR count). The van der Waals surface area contributed by atoms with Gasteiger partial charge in [-0.25, -0.2) is 0 Å². The molecule has 21 heavy (non-hydrogen) atoms. The van der Waals surface area contributed by atoms with Crippen molar-refractivity contribution in [2.75, 3.05) is 38.3 Å². The average molecular weight is 290 g/mol. The number of anilines is 1. The molecule has 1 saturated carbocycles. The first-order valence-electron chi connectivity index (χ1n) is 7.98. The van der Waals surface area contributed by atoms with Crippen LogP contribution in [0.1, 0.15) is 25.7 Å². The van der Waals surface area contributed by atoms with E-state index in [-0.39, 0.29) is 5.41 Å². The number of phenolic OH excluding ortho intramolecular Hbond substituents is 1. The third-order valence-electron chi connectivity index (χ3n) is 4.61. The van der Waals surface area contributed by atoms with Crippen molar-refractivity contribution in [3.8, 4) is 5.75 Å². The third kappa shape index (κ3) is 3.89. The first kappa shape index (κ1) is 14.7. The molecule has 2 N–H and O–H groups in total. The molecule has 1 unspecified atom stereocenters. The fourth-order valence-electron chi connectivity index (χ4n) is 3.18. The van der Waals surface area contributed by atoms with Crippen LogP contribution in [0.2, 0.25) is 0 Å². The van der Waals surface area contributed by atoms with Gasteiger partial charge in [-0.3, -0.25) is 0 Å². The van der Waals surface area contributed by atoms with E-state index in [1.54, 1.807) is 12.1 Å². The molecule has 1 heterocycles. The molecule has 116 valence electrons. The lowest BCUT2D eigenvalue weighted by molar-refractivity contribution is -0.00292. The minimum Gasteiger partial charge on any atom is -0.508 e. The molecule has 1 aromatic rings. The normalized spacial score (nSPS) is 25.8. The van der Waals surface area contributed by atoms with E-state index in [0.717, 1.165) is 44.5 Å². The number of nitrogens with zero attached hydrogens (tertiary/aromatic N) is 1. The van der Waals surface area contributed by atoms with Crippen molar-refractivity contribution in [1.29, 1.82) is 0 Å². The highest BCUT2D eigenvalue weighted by atomic mass is 16.5. The summed E-state index contributed by atoms with van der Waals surface area (Å²) in [5.41, 5.74) is 1.34. The Morgan fingerprint density at radius 3 is 2.71 bits per heavy atom. The number of rotatable bonds is 6. The summed E-state index contributed by atoms with van der Waals surface area (Å²) in [6.07, 6.45) is 5.01. The minimum atomic E-state index is 0.202. The van der Waals surface area contributed by atoms with Crippen LogP contribution in [0.15, 0.2) is 24.3 Å². The second-order valence-electron chi connectivity index (χ2n) is 6.68. The van der Waals surface area contributed by atoms with E-state index in [9.17, 15) is 5.11 Å². The lowest BCUT2D eigenvalue weighted by Crippen LogP contribution is -2.48. The van der Waals surface area contributed by atoms with Gasteiger partial charge in [0.15, 0.2) is 0 Å². The van der Waals surface area contributed by atoms with Gasteiger partial charge in [-0.15, -0.1) is 0 Å². The topological polar surface area (TPSA) is 44.7 Å². The first-order valence-corrected chi connectivity index (χ1v) is 7.98. The minimum absolute atomic E-state index is 0.202. The molecular weight excluding hydrogens is 264 g/mol. The molecule has 1 aromatic carbocycles. The number of benzene rings is 1. The molecule has 1 aliphatic carbocycles. The predicted molar refractivity (Wildman–Crippen MR) is 84.9 cm³/mol. The number of ether oxygens (including phenoxy) is 1. The summed E-state index contributed by atoms with van der Waals surface area (Å²) in [5.74, 6) is 0.318. The van der Waals surface area contributed by atoms with Crippen molar-refractivity contribution in [2.45, 2.75) is 31.7 Å². The average Bonchev–Trinajstić information content (AvgIpc) is 3.31. The second kappa shape index (κ2) is 6.24. The van der Waals surface area contributed by atoms with Crippen LogP contribution in [0.4, 0.5) is 5.69 Å². The van der Waals surface area contributed by atoms with Crippen LogP contribution in [0.5, 0.6) is 5.75 Å². The summed E-state index contributed by atoms with van der Waals surface area (Å²) in [5, 5.41) is 13.1. The smallest absolute Gasteiger partial charge is 0.115 e. The number of phenols is 1. The lowest BCUT2D eigenvalue weighted by atomic mass is 9.81. The number of hydrogen-bond donors (Lipinski definition) is 2. The molecule has 4 heteroatoms. The third-order valence-corrected chi connectivity index (χ3v) is 4.61. The van der Waals surface area contributed by atoms with Gasteiger partial charge >= 0.3 is 0 Å². The molecular formula is C17H26N2O2. The van der Waals surface area contributed by atoms with E-state index in [2.05, 4.69) is 17.3 Å². The highest BCUT2D eigenvalue weighted by Gasteiger charge is 2.36. The van der Waals surface area contributed by atoms with Gasteiger partial charge in [0.05, 0.1) is 6.61 Å². The molecule has 2 fully saturated rings. The molecule has 1 saturated heterocycles. The number of aromatic hydroxyl groups is 1. The van der Waals surface area contributed by atoms with E-state index in [1.165, 1.54) is 19.3 Å². The Morgan fingerprint density at radius 1 is 1.33 bits per heavy atom. The van der Waals surface area contributed by atoms with Gasteiger partial charge in [0, 0.05) is 43.9 Å². The predicted octanol–water partition coefficient (Wildman–Crippen LogP) is 2.38. The summed E-state index contributed by atoms with van der Waals surface area (Å²) in [6.45, 7) is 3.76. The maximum Gasteiger partial charge on any atom is 0.115 e. The van der Waals surface area contributed by atoms with Gasteiger partial charge in [-0.1, -0.05) is 0 Å². The van der Waals surface area contributed by atoms with Crippen LogP contribution in [0, 0.1) is 5.41 Å². The van der Waals surface area contributed by atoms with Crippen molar-refractivity contribution >= 4 is 5.69 Å². The van der Waals surface area contributed by atoms with Gasteiger partial charge in [0.2, 0.25) is 0 Å². The fourth-order valence-corrected chi connectivity index (χ4v) is 3.18. The zero-order valence-electron chi connectivity index (χ0n) is 12.8. The van der Waals surface area contributed by atoms with Crippen LogP contribution in [0.25, 0.3) is 0 Å². The van der Waals surface area contributed by atoms with E-state index in [1.807, 2.05) is 12.1 Å². The van der Waals surface area contributed by atoms with Crippen LogP contribution in [0.3, 0.4) is 0 Å². The molecule has 1 aliphatic heterocycles. The van der Waals surface area contributed by atoms with E-state index < -0.39 is 0 Å². The van der Waals surface area contributed by atoms with Crippen LogP contribution in [-0.4, -0.2) is 44.5 Å². The molecule has 4 nitrogen and oxygen atoms in total. The summed E-state index contributed by atoms with van der Waals surface area (Å²) in [7, 11) is 2.12. The van der Waals surface area contributed by atoms with Gasteiger partial charge < -0.3 is 20.1 Å². The quantitative estimate of drug-likeness (QED) is 0.844. The summed E-state index contributed by atoms with van der Waals surface area (Å²) in [4.78, 5) is 2.28. The van der Waals surface area contributed by atoms with Gasteiger partial charge in [-0.05, 0) is 49.9 Å². The molecule has 2 aliphatic rings. The largest absolute Gasteiger partial charge is 0.508 e. The Bertz CT molecular complexity index is 450. The van der Waals surface area contributed by atoms with Crippen molar-refractivity contribution in [3.63, 3.8) is 0 Å². The maximum absolute atomic E-state index is 9.41. The molecule has 1 atom stereocenters. The monoisotopic (exact) mass is 290 g/mol. The van der Waals surface area contributed by atoms with Crippen molar-refractivity contribution < 1.29 is 9.84 Å². The molecule has 0 aromatic heterocycles. The summed E-state index contributed by atoms with van der Waals surface area (Å²) in [6, 6.07) is 8.18. The zero-order chi connectivity index (χ0) is 14.7. The Hall–Kier alpha value is -1.26. The SMILES string of the molecule is CN(CC1(CNC2CC2)CCCOC1)c1ccc(O)cc1. The number of nitrogens with one attached hydrogen (secondary N) is 1. The van der Waals surface area contributed by atoms with Gasteiger partial charge in [0.25, 0.3) is 0 Å². The van der Waals surface area contributed by atoms with Gasteiger partial charge in [-0.2, -0.15) is 0 Å². The Morgan fingerprint density at radius 2 is 2.10 bits per heavy atom. The second-order valence-corrected chi connectivity index (χ2v) is 6.68. The Labute approximate surface area is 127 Å². The fraction of sp³-hybridized carbons (Fsp3) is 0.647. The van der Waals surface area contributed by atoms with E-state index in [4.69, 9.17) is 4.74 Å². The van der Waals surface area contributed by atoms with Crippen molar-refractivity contribution in [1.82, 2.24) is 5.32 Å². The summed E-state index contributed by atoms with van der Waals surface area (Å²) >= 11 is 0. The molecule has 0 amide bonds. The van der Waals surface area contributed by atoms with E-state index in [0.29, 0.717) is 5.75 Å². The number of hydrogen-bond acceptors (Lipinski definition) is 4. The Kier molecular flexibility index (Phi) is 4.36. The van der Waals surface area contributed by atoms with Crippen LogP contribution < -0.4 is 10.2 Å². The highest BCUT2D eigenvalue weighted by molar-refractivity contribution is 5.48. The standard InChI is InChI=1S/C17H26N2O2/c1-19(15-5-7-16(20)8-6-15)12-17(9-2-10-21-13-17)11-18-14-3-4-14/h5-8,14,18,20H,2-4,9-13H2,1H3. The van der Waals surface area contributed by atoms with Gasteiger partial charge in [0.1, 0.15) is 5.75 Å². The first-order chi connectivity index (χ1) is 10.2. The Balaban J connectivity index is 1.65. The van der Waals surface area contributed by atoms with Crippen LogP contribution in [-0.2, 0) is 4.74 Å². The van der Waals surface area contributed by atoms with E-state index >= 15 is 0 Å². The zero-order valence-corrected chi connectivity index (χ0v) is 12.8. The molecule has 0 bridgehead atoms. The summed E-state index contributed by atoms with van der Waals surface area (Å²) < 4.78 is 5.79. The lowest BCUT2D eigenvalue weighted by Gasteiger charge is -2.40. The molecule has 0 spiro atoms.